The van der Waals surface area contributed by atoms with Gasteiger partial charge < -0.3 is 5.11 Å². The number of sulfonamides is 1. The number of benzene rings is 1. The Bertz CT molecular complexity index is 587. The summed E-state index contributed by atoms with van der Waals surface area (Å²) < 4.78 is 27.1. The fourth-order valence-corrected chi connectivity index (χ4v) is 3.59. The first-order chi connectivity index (χ1) is 9.68. The number of carboxylic acids is 1. The molecule has 0 heterocycles. The van der Waals surface area contributed by atoms with Crippen LogP contribution in [0.4, 0.5) is 0 Å². The molecule has 0 spiro atoms. The lowest BCUT2D eigenvalue weighted by atomic mass is 9.95. The molecule has 118 valence electrons. The van der Waals surface area contributed by atoms with Crippen molar-refractivity contribution in [2.45, 2.75) is 56.9 Å². The van der Waals surface area contributed by atoms with Gasteiger partial charge in [-0.15, -0.1) is 0 Å². The summed E-state index contributed by atoms with van der Waals surface area (Å²) in [6.07, 6.45) is 0.365. The van der Waals surface area contributed by atoms with Crippen molar-refractivity contribution >= 4 is 16.0 Å². The van der Waals surface area contributed by atoms with E-state index in [9.17, 15) is 18.3 Å². The van der Waals surface area contributed by atoms with Crippen LogP contribution in [0.15, 0.2) is 29.2 Å². The van der Waals surface area contributed by atoms with Gasteiger partial charge in [-0.1, -0.05) is 39.8 Å². The van der Waals surface area contributed by atoms with Crippen LogP contribution in [0.2, 0.25) is 0 Å². The first-order valence-corrected chi connectivity index (χ1v) is 8.54. The maximum atomic E-state index is 12.4. The highest BCUT2D eigenvalue weighted by Crippen LogP contribution is 2.22. The summed E-state index contributed by atoms with van der Waals surface area (Å²) in [6, 6.07) is 6.52. The van der Waals surface area contributed by atoms with E-state index < -0.39 is 21.5 Å². The van der Waals surface area contributed by atoms with Crippen molar-refractivity contribution in [3.8, 4) is 0 Å². The van der Waals surface area contributed by atoms with Crippen LogP contribution >= 0.6 is 0 Å². The minimum absolute atomic E-state index is 0.0828. The molecule has 0 aliphatic rings. The number of hydrogen-bond acceptors (Lipinski definition) is 3. The predicted octanol–water partition coefficient (Wildman–Crippen LogP) is 2.73. The maximum absolute atomic E-state index is 12.4. The van der Waals surface area contributed by atoms with E-state index in [1.165, 1.54) is 12.1 Å². The summed E-state index contributed by atoms with van der Waals surface area (Å²) in [5.41, 5.74) is -0.431. The number of rotatable bonds is 7. The topological polar surface area (TPSA) is 83.5 Å². The second kappa shape index (κ2) is 6.58. The van der Waals surface area contributed by atoms with E-state index in [1.807, 2.05) is 13.8 Å². The van der Waals surface area contributed by atoms with Gasteiger partial charge in [0.25, 0.3) is 0 Å². The van der Waals surface area contributed by atoms with Crippen LogP contribution in [-0.4, -0.2) is 25.0 Å². The van der Waals surface area contributed by atoms with Gasteiger partial charge in [-0.05, 0) is 36.5 Å². The Balaban J connectivity index is 3.13. The van der Waals surface area contributed by atoms with Crippen LogP contribution < -0.4 is 4.72 Å². The molecule has 21 heavy (non-hydrogen) atoms. The van der Waals surface area contributed by atoms with Gasteiger partial charge in [0, 0.05) is 0 Å². The molecule has 0 saturated heterocycles. The van der Waals surface area contributed by atoms with Crippen LogP contribution in [0.3, 0.4) is 0 Å². The van der Waals surface area contributed by atoms with E-state index >= 15 is 0 Å². The summed E-state index contributed by atoms with van der Waals surface area (Å²) in [4.78, 5) is 11.5. The lowest BCUT2D eigenvalue weighted by Crippen LogP contribution is -2.53. The van der Waals surface area contributed by atoms with Gasteiger partial charge >= 0.3 is 5.97 Å². The van der Waals surface area contributed by atoms with Crippen LogP contribution in [0.25, 0.3) is 0 Å². The van der Waals surface area contributed by atoms with Crippen LogP contribution in [0.5, 0.6) is 0 Å². The van der Waals surface area contributed by atoms with Crippen molar-refractivity contribution in [1.29, 1.82) is 0 Å². The third kappa shape index (κ3) is 3.83. The lowest BCUT2D eigenvalue weighted by Gasteiger charge is -2.27. The third-order valence-corrected chi connectivity index (χ3v) is 5.36. The minimum Gasteiger partial charge on any atom is -0.480 e. The Kier molecular flexibility index (Phi) is 5.53. The molecule has 0 aliphatic heterocycles. The van der Waals surface area contributed by atoms with Crippen LogP contribution in [-0.2, 0) is 14.8 Å². The van der Waals surface area contributed by atoms with Crippen molar-refractivity contribution in [2.24, 2.45) is 0 Å². The van der Waals surface area contributed by atoms with Crippen molar-refractivity contribution in [1.82, 2.24) is 4.72 Å². The van der Waals surface area contributed by atoms with E-state index in [0.717, 1.165) is 5.56 Å². The highest BCUT2D eigenvalue weighted by atomic mass is 32.2. The average molecular weight is 313 g/mol. The summed E-state index contributed by atoms with van der Waals surface area (Å²) in [5, 5.41) is 9.32. The Morgan fingerprint density at radius 3 is 2.00 bits per heavy atom. The molecule has 1 rings (SSSR count). The Hall–Kier alpha value is -1.40. The molecule has 5 nitrogen and oxygen atoms in total. The second-order valence-corrected chi connectivity index (χ2v) is 7.11. The number of aliphatic carboxylic acids is 1. The monoisotopic (exact) mass is 313 g/mol. The first-order valence-electron chi connectivity index (χ1n) is 7.06. The number of hydrogen-bond donors (Lipinski definition) is 2. The molecule has 0 amide bonds. The van der Waals surface area contributed by atoms with Crippen molar-refractivity contribution in [3.63, 3.8) is 0 Å². The van der Waals surface area contributed by atoms with E-state index in [-0.39, 0.29) is 17.7 Å². The zero-order valence-electron chi connectivity index (χ0n) is 12.9. The van der Waals surface area contributed by atoms with Gasteiger partial charge in [-0.25, -0.2) is 8.42 Å². The van der Waals surface area contributed by atoms with Crippen LogP contribution in [0, 0.1) is 0 Å². The fraction of sp³-hybridized carbons (Fsp3) is 0.533. The molecular weight excluding hydrogens is 290 g/mol. The molecule has 0 bridgehead atoms. The summed E-state index contributed by atoms with van der Waals surface area (Å²) in [6.45, 7) is 7.35. The molecule has 0 saturated carbocycles. The average Bonchev–Trinajstić information content (AvgIpc) is 2.44. The summed E-state index contributed by atoms with van der Waals surface area (Å²) in [7, 11) is -3.86. The van der Waals surface area contributed by atoms with Crippen molar-refractivity contribution < 1.29 is 18.3 Å². The highest BCUT2D eigenvalue weighted by molar-refractivity contribution is 7.89. The molecular formula is C15H23NO4S. The minimum atomic E-state index is -3.86. The first kappa shape index (κ1) is 17.7. The predicted molar refractivity (Wildman–Crippen MR) is 81.8 cm³/mol. The standard InChI is InChI=1S/C15H23NO4S/c1-5-15(6-2,14(17)18)16-21(19,20)13-9-7-12(8-10-13)11(3)4/h7-11,16H,5-6H2,1-4H3,(H,17,18). The molecule has 0 aliphatic carbocycles. The molecule has 0 aromatic heterocycles. The van der Waals surface area contributed by atoms with E-state index in [0.29, 0.717) is 5.92 Å². The molecule has 0 fully saturated rings. The second-order valence-electron chi connectivity index (χ2n) is 5.42. The third-order valence-electron chi connectivity index (χ3n) is 3.80. The molecule has 0 radical (unpaired) electrons. The Morgan fingerprint density at radius 2 is 1.67 bits per heavy atom. The molecule has 1 aromatic carbocycles. The van der Waals surface area contributed by atoms with E-state index in [1.54, 1.807) is 26.0 Å². The van der Waals surface area contributed by atoms with Crippen molar-refractivity contribution in [3.05, 3.63) is 29.8 Å². The van der Waals surface area contributed by atoms with Gasteiger partial charge in [0.1, 0.15) is 5.54 Å². The van der Waals surface area contributed by atoms with Crippen LogP contribution in [0.1, 0.15) is 52.0 Å². The maximum Gasteiger partial charge on any atom is 0.324 e. The zero-order chi connectivity index (χ0) is 16.3. The lowest BCUT2D eigenvalue weighted by molar-refractivity contribution is -0.144. The van der Waals surface area contributed by atoms with E-state index in [4.69, 9.17) is 0 Å². The van der Waals surface area contributed by atoms with Gasteiger partial charge in [0.15, 0.2) is 0 Å². The number of carbonyl (C=O) groups is 1. The van der Waals surface area contributed by atoms with Gasteiger partial charge in [-0.3, -0.25) is 4.79 Å². The van der Waals surface area contributed by atoms with Crippen molar-refractivity contribution in [2.75, 3.05) is 0 Å². The molecule has 0 atom stereocenters. The largest absolute Gasteiger partial charge is 0.480 e. The normalized spacial score (nSPS) is 12.6. The number of nitrogens with one attached hydrogen (secondary N) is 1. The molecule has 1 aromatic rings. The molecule has 0 unspecified atom stereocenters. The SMILES string of the molecule is CCC(CC)(NS(=O)(=O)c1ccc(C(C)C)cc1)C(=O)O. The van der Waals surface area contributed by atoms with Gasteiger partial charge in [-0.2, -0.15) is 4.72 Å². The Morgan fingerprint density at radius 1 is 1.19 bits per heavy atom. The summed E-state index contributed by atoms with van der Waals surface area (Å²) in [5.74, 6) is -0.853. The zero-order valence-corrected chi connectivity index (χ0v) is 13.7. The summed E-state index contributed by atoms with van der Waals surface area (Å²) >= 11 is 0. The Labute approximate surface area is 126 Å². The quantitative estimate of drug-likeness (QED) is 0.810. The van der Waals surface area contributed by atoms with E-state index in [2.05, 4.69) is 4.72 Å². The highest BCUT2D eigenvalue weighted by Gasteiger charge is 2.39. The molecule has 2 N–H and O–H groups in total. The number of carboxylic acid groups (broad SMARTS) is 1. The van der Waals surface area contributed by atoms with Gasteiger partial charge in [0.05, 0.1) is 4.90 Å². The van der Waals surface area contributed by atoms with Gasteiger partial charge in [0.2, 0.25) is 10.0 Å². The molecule has 6 heteroatoms. The smallest absolute Gasteiger partial charge is 0.324 e. The fourth-order valence-electron chi connectivity index (χ4n) is 2.09.